The van der Waals surface area contributed by atoms with E-state index in [4.69, 9.17) is 11.6 Å². The van der Waals surface area contributed by atoms with Gasteiger partial charge in [0.1, 0.15) is 0 Å². The van der Waals surface area contributed by atoms with E-state index in [1.165, 1.54) is 0 Å². The summed E-state index contributed by atoms with van der Waals surface area (Å²) in [7, 11) is 1.85. The Kier molecular flexibility index (Phi) is 10.9. The average Bonchev–Trinajstić information content (AvgIpc) is 1.65. The fourth-order valence-corrected chi connectivity index (χ4v) is 0.204. The Hall–Kier alpha value is 1.02. The van der Waals surface area contributed by atoms with Crippen LogP contribution in [0.5, 0.6) is 0 Å². The topological polar surface area (TPSA) is 12.0 Å². The van der Waals surface area contributed by atoms with E-state index in [2.05, 4.69) is 5.32 Å². The Morgan fingerprint density at radius 3 is 2.14 bits per heavy atom. The zero-order chi connectivity index (χ0) is 4.99. The maximum absolute atomic E-state index is 5.54. The Morgan fingerprint density at radius 2 is 2.14 bits per heavy atom. The van der Waals surface area contributed by atoms with Crippen molar-refractivity contribution in [1.29, 1.82) is 0 Å². The molecule has 1 N–H and O–H groups in total. The normalized spacial score (nSPS) is 12.4. The van der Waals surface area contributed by atoms with Crippen molar-refractivity contribution in [3.8, 4) is 0 Å². The first-order valence-electron chi connectivity index (χ1n) is 2.12. The average molecular weight is 134 g/mol. The molecule has 1 unspecified atom stereocenters. The van der Waals surface area contributed by atoms with Crippen molar-refractivity contribution < 1.29 is 0 Å². The highest BCUT2D eigenvalue weighted by Gasteiger charge is 1.89. The minimum Gasteiger partial charge on any atom is -0.304 e. The van der Waals surface area contributed by atoms with Gasteiger partial charge in [0.15, 0.2) is 0 Å². The van der Waals surface area contributed by atoms with Crippen LogP contribution in [-0.4, -0.2) is 35.6 Å². The van der Waals surface area contributed by atoms with Gasteiger partial charge in [-0.1, -0.05) is 6.92 Å². The van der Waals surface area contributed by atoms with Gasteiger partial charge in [-0.3, -0.25) is 0 Å². The smallest absolute Gasteiger partial charge is 0.304 e. The Labute approximate surface area is 66.0 Å². The molecule has 1 atom stereocenters. The third-order valence-electron chi connectivity index (χ3n) is 0.672. The molecule has 0 bridgehead atoms. The minimum absolute atomic E-state index is 0. The van der Waals surface area contributed by atoms with Crippen molar-refractivity contribution in [2.75, 3.05) is 7.05 Å². The third-order valence-corrected chi connectivity index (χ3v) is 1.20. The second kappa shape index (κ2) is 7.02. The van der Waals surface area contributed by atoms with E-state index in [0.717, 1.165) is 6.42 Å². The molecule has 0 amide bonds. The summed E-state index contributed by atoms with van der Waals surface area (Å²) in [5.41, 5.74) is 0.157. The second-order valence-electron chi connectivity index (χ2n) is 1.16. The number of halogens is 1. The molecule has 0 saturated carbocycles. The SMILES string of the molecule is CCC(Cl)NC.[MgH2]. The Morgan fingerprint density at radius 1 is 1.71 bits per heavy atom. The Bertz CT molecular complexity index is 30.9. The standard InChI is InChI=1S/C4H10ClN.Mg.2H/c1-3-4(5)6-2;;;/h4,6H,3H2,1-2H3;;;. The summed E-state index contributed by atoms with van der Waals surface area (Å²) in [6, 6.07) is 0. The number of nitrogens with one attached hydrogen (secondary N) is 1. The molecule has 3 heteroatoms. The van der Waals surface area contributed by atoms with Crippen molar-refractivity contribution in [2.24, 2.45) is 0 Å². The lowest BCUT2D eigenvalue weighted by atomic mass is 10.5. The van der Waals surface area contributed by atoms with Gasteiger partial charge in [-0.15, -0.1) is 11.6 Å². The van der Waals surface area contributed by atoms with Gasteiger partial charge < -0.3 is 5.32 Å². The predicted octanol–water partition coefficient (Wildman–Crippen LogP) is 0.264. The molecule has 0 saturated heterocycles. The molecular formula is C4H12ClMgN. The van der Waals surface area contributed by atoms with Gasteiger partial charge in [-0.05, 0) is 13.5 Å². The molecule has 7 heavy (non-hydrogen) atoms. The number of hydrogen-bond donors (Lipinski definition) is 1. The fourth-order valence-electron chi connectivity index (χ4n) is 0.204. The van der Waals surface area contributed by atoms with Crippen molar-refractivity contribution in [1.82, 2.24) is 5.32 Å². The summed E-state index contributed by atoms with van der Waals surface area (Å²) in [6.45, 7) is 2.04. The van der Waals surface area contributed by atoms with Gasteiger partial charge in [0.2, 0.25) is 0 Å². The van der Waals surface area contributed by atoms with E-state index >= 15 is 0 Å². The number of hydrogen-bond acceptors (Lipinski definition) is 1. The van der Waals surface area contributed by atoms with E-state index < -0.39 is 0 Å². The summed E-state index contributed by atoms with van der Waals surface area (Å²) in [6.07, 6.45) is 0.984. The van der Waals surface area contributed by atoms with Crippen molar-refractivity contribution in [3.63, 3.8) is 0 Å². The van der Waals surface area contributed by atoms with Gasteiger partial charge in [0.05, 0.1) is 5.50 Å². The molecule has 0 aliphatic rings. The fraction of sp³-hybridized carbons (Fsp3) is 1.00. The van der Waals surface area contributed by atoms with E-state index in [-0.39, 0.29) is 28.6 Å². The summed E-state index contributed by atoms with van der Waals surface area (Å²) in [5, 5.41) is 2.88. The first kappa shape index (κ1) is 10.9. The quantitative estimate of drug-likeness (QED) is 0.324. The van der Waals surface area contributed by atoms with Crippen LogP contribution in [0.4, 0.5) is 0 Å². The number of rotatable bonds is 2. The molecular weight excluding hydrogens is 122 g/mol. The van der Waals surface area contributed by atoms with Crippen molar-refractivity contribution >= 4 is 34.7 Å². The van der Waals surface area contributed by atoms with Gasteiger partial charge in [-0.25, -0.2) is 0 Å². The maximum atomic E-state index is 5.54. The van der Waals surface area contributed by atoms with Gasteiger partial charge in [-0.2, -0.15) is 0 Å². The first-order valence-corrected chi connectivity index (χ1v) is 2.56. The molecule has 0 aromatic carbocycles. The number of alkyl halides is 1. The second-order valence-corrected chi connectivity index (χ2v) is 1.69. The van der Waals surface area contributed by atoms with Crippen LogP contribution in [-0.2, 0) is 0 Å². The first-order chi connectivity index (χ1) is 2.81. The zero-order valence-corrected chi connectivity index (χ0v) is 4.92. The highest BCUT2D eigenvalue weighted by Crippen LogP contribution is 1.91. The highest BCUT2D eigenvalue weighted by molar-refractivity contribution is 6.20. The monoisotopic (exact) mass is 133 g/mol. The molecule has 0 aromatic rings. The summed E-state index contributed by atoms with van der Waals surface area (Å²) < 4.78 is 0. The van der Waals surface area contributed by atoms with Gasteiger partial charge in [0.25, 0.3) is 0 Å². The lowest BCUT2D eigenvalue weighted by molar-refractivity contribution is 0.708. The van der Waals surface area contributed by atoms with E-state index in [1.54, 1.807) is 0 Å². The molecule has 0 aromatic heterocycles. The summed E-state index contributed by atoms with van der Waals surface area (Å²) in [5.74, 6) is 0. The van der Waals surface area contributed by atoms with E-state index in [0.29, 0.717) is 0 Å². The van der Waals surface area contributed by atoms with Crippen LogP contribution in [0.25, 0.3) is 0 Å². The maximum Gasteiger partial charge on any atom is 0.316 e. The van der Waals surface area contributed by atoms with Crippen LogP contribution < -0.4 is 5.32 Å². The molecule has 42 valence electrons. The summed E-state index contributed by atoms with van der Waals surface area (Å²) in [4.78, 5) is 0. The molecule has 0 aliphatic heterocycles. The van der Waals surface area contributed by atoms with E-state index in [1.807, 2.05) is 14.0 Å². The van der Waals surface area contributed by atoms with Crippen LogP contribution in [0.2, 0.25) is 0 Å². The van der Waals surface area contributed by atoms with Crippen LogP contribution in [0.15, 0.2) is 0 Å². The molecule has 0 radical (unpaired) electrons. The van der Waals surface area contributed by atoms with Crippen molar-refractivity contribution in [2.45, 2.75) is 18.8 Å². The van der Waals surface area contributed by atoms with Gasteiger partial charge in [0, 0.05) is 0 Å². The lowest BCUT2D eigenvalue weighted by Crippen LogP contribution is -2.16. The molecule has 0 spiro atoms. The minimum atomic E-state index is 0. The molecule has 1 nitrogen and oxygen atoms in total. The zero-order valence-electron chi connectivity index (χ0n) is 4.16. The highest BCUT2D eigenvalue weighted by atomic mass is 35.5. The molecule has 0 fully saturated rings. The van der Waals surface area contributed by atoms with E-state index in [9.17, 15) is 0 Å². The lowest BCUT2D eigenvalue weighted by Gasteiger charge is -1.99. The van der Waals surface area contributed by atoms with Crippen LogP contribution in [0, 0.1) is 0 Å². The van der Waals surface area contributed by atoms with Crippen LogP contribution in [0.1, 0.15) is 13.3 Å². The third kappa shape index (κ3) is 7.02. The summed E-state index contributed by atoms with van der Waals surface area (Å²) >= 11 is 5.54. The largest absolute Gasteiger partial charge is 0.316 e. The predicted molar refractivity (Wildman–Crippen MR) is 37.5 cm³/mol. The van der Waals surface area contributed by atoms with Crippen LogP contribution in [0.3, 0.4) is 0 Å². The molecule has 0 aliphatic carbocycles. The van der Waals surface area contributed by atoms with Gasteiger partial charge >= 0.3 is 23.1 Å². The van der Waals surface area contributed by atoms with Crippen molar-refractivity contribution in [3.05, 3.63) is 0 Å². The Balaban J connectivity index is 0. The molecule has 0 rings (SSSR count). The molecule has 0 heterocycles. The van der Waals surface area contributed by atoms with Crippen LogP contribution >= 0.6 is 11.6 Å².